The van der Waals surface area contributed by atoms with Crippen molar-refractivity contribution < 1.29 is 23.9 Å². The number of benzene rings is 2. The molecule has 0 spiro atoms. The van der Waals surface area contributed by atoms with Gasteiger partial charge in [-0.2, -0.15) is 0 Å². The molecular weight excluding hydrogens is 370 g/mol. The average Bonchev–Trinajstić information content (AvgIpc) is 2.75. The number of amides is 1. The van der Waals surface area contributed by atoms with Crippen LogP contribution < -0.4 is 10.1 Å². The molecule has 2 rings (SSSR count). The van der Waals surface area contributed by atoms with Crippen LogP contribution in [0.5, 0.6) is 5.75 Å². The number of aryl methyl sites for hydroxylation is 1. The molecule has 6 heteroatoms. The summed E-state index contributed by atoms with van der Waals surface area (Å²) in [6, 6.07) is 14.2. The standard InChI is InChI=1S/C23H27NO5/c1-3-5-6-17-7-11-19(12-8-17)24-22(26)15-29-23(27)16-28-20-13-9-18(10-14-20)21(25)4-2/h7-14H,3-6,15-16H2,1-2H3,(H,24,26). The first-order valence-electron chi connectivity index (χ1n) is 9.82. The number of nitrogens with one attached hydrogen (secondary N) is 1. The third-order valence-electron chi connectivity index (χ3n) is 4.28. The van der Waals surface area contributed by atoms with E-state index in [1.165, 1.54) is 5.56 Å². The maximum absolute atomic E-state index is 11.9. The summed E-state index contributed by atoms with van der Waals surface area (Å²) < 4.78 is 10.2. The van der Waals surface area contributed by atoms with Gasteiger partial charge in [-0.1, -0.05) is 32.4 Å². The largest absolute Gasteiger partial charge is 0.482 e. The van der Waals surface area contributed by atoms with Crippen molar-refractivity contribution >= 4 is 23.3 Å². The second-order valence-electron chi connectivity index (χ2n) is 6.60. The molecular formula is C23H27NO5. The van der Waals surface area contributed by atoms with Crippen LogP contribution in [0.2, 0.25) is 0 Å². The monoisotopic (exact) mass is 397 g/mol. The van der Waals surface area contributed by atoms with E-state index in [2.05, 4.69) is 12.2 Å². The molecule has 0 aromatic heterocycles. The number of Topliss-reactive ketones (excluding diaryl/α,β-unsaturated/α-hetero) is 1. The molecule has 0 aliphatic heterocycles. The van der Waals surface area contributed by atoms with Crippen LogP contribution in [0.15, 0.2) is 48.5 Å². The molecule has 1 amide bonds. The van der Waals surface area contributed by atoms with Crippen LogP contribution in [0, 0.1) is 0 Å². The number of hydrogen-bond acceptors (Lipinski definition) is 5. The molecule has 0 unspecified atom stereocenters. The Labute approximate surface area is 171 Å². The zero-order valence-electron chi connectivity index (χ0n) is 16.9. The van der Waals surface area contributed by atoms with Crippen molar-refractivity contribution in [1.82, 2.24) is 0 Å². The maximum Gasteiger partial charge on any atom is 0.344 e. The Bertz CT molecular complexity index is 812. The molecule has 0 aliphatic rings. The topological polar surface area (TPSA) is 81.7 Å². The Kier molecular flexibility index (Phi) is 8.89. The van der Waals surface area contributed by atoms with E-state index < -0.39 is 11.9 Å². The summed E-state index contributed by atoms with van der Waals surface area (Å²) in [6.07, 6.45) is 3.71. The SMILES string of the molecule is CCCCc1ccc(NC(=O)COC(=O)COc2ccc(C(=O)CC)cc2)cc1. The van der Waals surface area contributed by atoms with Crippen molar-refractivity contribution in [2.24, 2.45) is 0 Å². The molecule has 6 nitrogen and oxygen atoms in total. The first-order chi connectivity index (χ1) is 14.0. The van der Waals surface area contributed by atoms with Crippen LogP contribution in [0.4, 0.5) is 5.69 Å². The first kappa shape index (κ1) is 22.1. The molecule has 29 heavy (non-hydrogen) atoms. The maximum atomic E-state index is 11.9. The highest BCUT2D eigenvalue weighted by atomic mass is 16.6. The number of unbranched alkanes of at least 4 members (excludes halogenated alkanes) is 1. The summed E-state index contributed by atoms with van der Waals surface area (Å²) in [7, 11) is 0. The predicted octanol–water partition coefficient (Wildman–Crippen LogP) is 4.18. The number of ether oxygens (including phenoxy) is 2. The van der Waals surface area contributed by atoms with Gasteiger partial charge in [-0.15, -0.1) is 0 Å². The molecule has 2 aromatic carbocycles. The van der Waals surface area contributed by atoms with E-state index in [0.29, 0.717) is 23.4 Å². The van der Waals surface area contributed by atoms with Gasteiger partial charge in [0.05, 0.1) is 0 Å². The highest BCUT2D eigenvalue weighted by molar-refractivity contribution is 5.96. The van der Waals surface area contributed by atoms with E-state index in [0.717, 1.165) is 19.3 Å². The van der Waals surface area contributed by atoms with Gasteiger partial charge in [-0.05, 0) is 54.8 Å². The Balaban J connectivity index is 1.70. The number of carbonyl (C=O) groups is 3. The Morgan fingerprint density at radius 2 is 1.59 bits per heavy atom. The molecule has 0 fully saturated rings. The van der Waals surface area contributed by atoms with Crippen molar-refractivity contribution in [2.75, 3.05) is 18.5 Å². The predicted molar refractivity (Wildman–Crippen MR) is 111 cm³/mol. The van der Waals surface area contributed by atoms with E-state index in [4.69, 9.17) is 9.47 Å². The van der Waals surface area contributed by atoms with Gasteiger partial charge in [0, 0.05) is 17.7 Å². The fraction of sp³-hybridized carbons (Fsp3) is 0.348. The van der Waals surface area contributed by atoms with E-state index in [9.17, 15) is 14.4 Å². The minimum atomic E-state index is -0.649. The second kappa shape index (κ2) is 11.6. The van der Waals surface area contributed by atoms with E-state index >= 15 is 0 Å². The number of hydrogen-bond donors (Lipinski definition) is 1. The highest BCUT2D eigenvalue weighted by Gasteiger charge is 2.10. The fourth-order valence-electron chi connectivity index (χ4n) is 2.60. The minimum absolute atomic E-state index is 0.0394. The van der Waals surface area contributed by atoms with Gasteiger partial charge in [0.1, 0.15) is 5.75 Å². The lowest BCUT2D eigenvalue weighted by Crippen LogP contribution is -2.23. The van der Waals surface area contributed by atoms with Crippen molar-refractivity contribution in [3.8, 4) is 5.75 Å². The third-order valence-corrected chi connectivity index (χ3v) is 4.28. The molecule has 0 heterocycles. The van der Waals surface area contributed by atoms with Crippen LogP contribution >= 0.6 is 0 Å². The molecule has 0 bridgehead atoms. The molecule has 2 aromatic rings. The van der Waals surface area contributed by atoms with E-state index in [1.54, 1.807) is 31.2 Å². The lowest BCUT2D eigenvalue weighted by Gasteiger charge is -2.09. The number of ketones is 1. The van der Waals surface area contributed by atoms with Gasteiger partial charge in [0.2, 0.25) is 0 Å². The van der Waals surface area contributed by atoms with Gasteiger partial charge in [0.15, 0.2) is 19.0 Å². The molecule has 1 N–H and O–H groups in total. The van der Waals surface area contributed by atoms with Gasteiger partial charge >= 0.3 is 5.97 Å². The molecule has 154 valence electrons. The lowest BCUT2D eigenvalue weighted by molar-refractivity contribution is -0.149. The smallest absolute Gasteiger partial charge is 0.344 e. The van der Waals surface area contributed by atoms with Crippen molar-refractivity contribution in [3.05, 3.63) is 59.7 Å². The molecule has 0 saturated carbocycles. The number of rotatable bonds is 11. The van der Waals surface area contributed by atoms with Crippen LogP contribution in [0.3, 0.4) is 0 Å². The summed E-state index contributed by atoms with van der Waals surface area (Å²) in [4.78, 5) is 35.3. The summed E-state index contributed by atoms with van der Waals surface area (Å²) in [5.41, 5.74) is 2.47. The number of esters is 1. The Morgan fingerprint density at radius 3 is 2.21 bits per heavy atom. The van der Waals surface area contributed by atoms with Crippen LogP contribution in [-0.2, 0) is 20.7 Å². The van der Waals surface area contributed by atoms with Gasteiger partial charge in [0.25, 0.3) is 5.91 Å². The molecule has 0 atom stereocenters. The number of anilines is 1. The third kappa shape index (κ3) is 7.78. The molecule has 0 saturated heterocycles. The summed E-state index contributed by atoms with van der Waals surface area (Å²) >= 11 is 0. The summed E-state index contributed by atoms with van der Waals surface area (Å²) in [6.45, 7) is 3.23. The van der Waals surface area contributed by atoms with Gasteiger partial charge in [-0.25, -0.2) is 4.79 Å². The average molecular weight is 397 g/mol. The van der Waals surface area contributed by atoms with Crippen molar-refractivity contribution in [3.63, 3.8) is 0 Å². The van der Waals surface area contributed by atoms with Crippen molar-refractivity contribution in [1.29, 1.82) is 0 Å². The second-order valence-corrected chi connectivity index (χ2v) is 6.60. The molecule has 0 radical (unpaired) electrons. The van der Waals surface area contributed by atoms with Crippen LogP contribution in [0.1, 0.15) is 49.0 Å². The van der Waals surface area contributed by atoms with Crippen LogP contribution in [0.25, 0.3) is 0 Å². The van der Waals surface area contributed by atoms with Gasteiger partial charge in [-0.3, -0.25) is 9.59 Å². The zero-order valence-corrected chi connectivity index (χ0v) is 16.9. The Morgan fingerprint density at radius 1 is 0.897 bits per heavy atom. The summed E-state index contributed by atoms with van der Waals surface area (Å²) in [5, 5.41) is 2.69. The minimum Gasteiger partial charge on any atom is -0.482 e. The quantitative estimate of drug-likeness (QED) is 0.454. The van der Waals surface area contributed by atoms with E-state index in [-0.39, 0.29) is 19.0 Å². The first-order valence-corrected chi connectivity index (χ1v) is 9.82. The summed E-state index contributed by atoms with van der Waals surface area (Å²) in [5.74, 6) is -0.578. The zero-order chi connectivity index (χ0) is 21.1. The molecule has 0 aliphatic carbocycles. The number of carbonyl (C=O) groups excluding carboxylic acids is 3. The normalized spacial score (nSPS) is 10.3. The van der Waals surface area contributed by atoms with Crippen LogP contribution in [-0.4, -0.2) is 30.9 Å². The Hall–Kier alpha value is -3.15. The highest BCUT2D eigenvalue weighted by Crippen LogP contribution is 2.14. The van der Waals surface area contributed by atoms with Crippen molar-refractivity contribution in [2.45, 2.75) is 39.5 Å². The fourth-order valence-corrected chi connectivity index (χ4v) is 2.60. The van der Waals surface area contributed by atoms with E-state index in [1.807, 2.05) is 24.3 Å². The van der Waals surface area contributed by atoms with Gasteiger partial charge < -0.3 is 14.8 Å². The lowest BCUT2D eigenvalue weighted by atomic mass is 10.1.